The summed E-state index contributed by atoms with van der Waals surface area (Å²) < 4.78 is 2.46. The molecule has 0 atom stereocenters. The minimum Gasteiger partial charge on any atom is -0.366 e. The Bertz CT molecular complexity index is 726. The molecule has 0 aliphatic heterocycles. The number of amides is 1. The lowest BCUT2D eigenvalue weighted by molar-refractivity contribution is 0.100. The third-order valence-corrected chi connectivity index (χ3v) is 2.82. The second-order valence-electron chi connectivity index (χ2n) is 4.19. The summed E-state index contributed by atoms with van der Waals surface area (Å²) in [5.41, 5.74) is 5.53. The number of carbonyl (C=O) groups excluding carboxylic acids is 1. The molecule has 2 N–H and O–H groups in total. The van der Waals surface area contributed by atoms with Crippen LogP contribution in [0.25, 0.3) is 0 Å². The van der Waals surface area contributed by atoms with Gasteiger partial charge in [-0.05, 0) is 17.7 Å². The van der Waals surface area contributed by atoms with Gasteiger partial charge in [-0.3, -0.25) is 14.2 Å². The number of hydrogen-bond donors (Lipinski definition) is 1. The standard InChI is InChI=1S/C13H13N3O3/c1-15-7-6-11(17)16(13(15)19)8-9-2-4-10(5-3-9)12(14)18/h2-7H,8H2,1H3,(H2,14,18). The third-order valence-electron chi connectivity index (χ3n) is 2.82. The summed E-state index contributed by atoms with van der Waals surface area (Å²) in [6.45, 7) is 0.158. The smallest absolute Gasteiger partial charge is 0.331 e. The first-order chi connectivity index (χ1) is 8.99. The summed E-state index contributed by atoms with van der Waals surface area (Å²) in [5.74, 6) is -0.514. The lowest BCUT2D eigenvalue weighted by atomic mass is 10.1. The molecular formula is C13H13N3O3. The van der Waals surface area contributed by atoms with Crippen LogP contribution in [0.3, 0.4) is 0 Å². The SMILES string of the molecule is Cn1ccc(=O)n(Cc2ccc(C(N)=O)cc2)c1=O. The average molecular weight is 259 g/mol. The summed E-state index contributed by atoms with van der Waals surface area (Å²) in [7, 11) is 1.58. The molecule has 6 heteroatoms. The first-order valence-corrected chi connectivity index (χ1v) is 5.64. The third kappa shape index (κ3) is 2.62. The van der Waals surface area contributed by atoms with Gasteiger partial charge in [-0.25, -0.2) is 4.79 Å². The van der Waals surface area contributed by atoms with E-state index in [-0.39, 0.29) is 17.8 Å². The Labute approximate surface area is 108 Å². The molecule has 0 aliphatic rings. The molecule has 0 saturated heterocycles. The van der Waals surface area contributed by atoms with Crippen molar-refractivity contribution in [2.24, 2.45) is 12.8 Å². The van der Waals surface area contributed by atoms with Crippen LogP contribution in [0.5, 0.6) is 0 Å². The van der Waals surface area contributed by atoms with E-state index in [1.807, 2.05) is 0 Å². The van der Waals surface area contributed by atoms with E-state index >= 15 is 0 Å². The van der Waals surface area contributed by atoms with Gasteiger partial charge < -0.3 is 10.3 Å². The fourth-order valence-electron chi connectivity index (χ4n) is 1.72. The van der Waals surface area contributed by atoms with Gasteiger partial charge in [0, 0.05) is 24.9 Å². The van der Waals surface area contributed by atoms with Crippen LogP contribution in [0, 0.1) is 0 Å². The first-order valence-electron chi connectivity index (χ1n) is 5.64. The maximum atomic E-state index is 11.8. The highest BCUT2D eigenvalue weighted by Gasteiger charge is 2.05. The minimum absolute atomic E-state index is 0.158. The fraction of sp³-hybridized carbons (Fsp3) is 0.154. The van der Waals surface area contributed by atoms with E-state index < -0.39 is 5.91 Å². The summed E-state index contributed by atoms with van der Waals surface area (Å²) in [5, 5.41) is 0. The van der Waals surface area contributed by atoms with E-state index in [0.29, 0.717) is 5.56 Å². The van der Waals surface area contributed by atoms with Crippen molar-refractivity contribution in [3.63, 3.8) is 0 Å². The molecule has 0 spiro atoms. The van der Waals surface area contributed by atoms with E-state index in [9.17, 15) is 14.4 Å². The largest absolute Gasteiger partial charge is 0.366 e. The molecule has 0 bridgehead atoms. The van der Waals surface area contributed by atoms with Crippen LogP contribution in [0.2, 0.25) is 0 Å². The molecule has 98 valence electrons. The van der Waals surface area contributed by atoms with Gasteiger partial charge in [0.25, 0.3) is 5.56 Å². The number of rotatable bonds is 3. The highest BCUT2D eigenvalue weighted by Crippen LogP contribution is 2.04. The Morgan fingerprint density at radius 2 is 1.79 bits per heavy atom. The van der Waals surface area contributed by atoms with Crippen LogP contribution < -0.4 is 17.0 Å². The lowest BCUT2D eigenvalue weighted by Crippen LogP contribution is -2.38. The van der Waals surface area contributed by atoms with Gasteiger partial charge in [0.05, 0.1) is 6.54 Å². The number of primary amides is 1. The number of nitrogens with zero attached hydrogens (tertiary/aromatic N) is 2. The second kappa shape index (κ2) is 4.93. The van der Waals surface area contributed by atoms with Crippen molar-refractivity contribution in [2.45, 2.75) is 6.54 Å². The maximum Gasteiger partial charge on any atom is 0.331 e. The minimum atomic E-state index is -0.514. The van der Waals surface area contributed by atoms with Crippen molar-refractivity contribution in [2.75, 3.05) is 0 Å². The van der Waals surface area contributed by atoms with Crippen LogP contribution >= 0.6 is 0 Å². The molecule has 1 aromatic carbocycles. The van der Waals surface area contributed by atoms with Crippen LogP contribution in [-0.4, -0.2) is 15.0 Å². The summed E-state index contributed by atoms with van der Waals surface area (Å²) in [6, 6.07) is 7.80. The molecular weight excluding hydrogens is 246 g/mol. The first kappa shape index (κ1) is 12.8. The zero-order chi connectivity index (χ0) is 14.0. The van der Waals surface area contributed by atoms with E-state index in [1.54, 1.807) is 31.3 Å². The van der Waals surface area contributed by atoms with Crippen LogP contribution in [0.4, 0.5) is 0 Å². The Morgan fingerprint density at radius 3 is 2.37 bits per heavy atom. The number of benzene rings is 1. The molecule has 0 saturated carbocycles. The zero-order valence-corrected chi connectivity index (χ0v) is 10.4. The van der Waals surface area contributed by atoms with Crippen LogP contribution in [-0.2, 0) is 13.6 Å². The van der Waals surface area contributed by atoms with Crippen molar-refractivity contribution in [1.29, 1.82) is 0 Å². The second-order valence-corrected chi connectivity index (χ2v) is 4.19. The predicted molar refractivity (Wildman–Crippen MR) is 70.0 cm³/mol. The predicted octanol–water partition coefficient (Wildman–Crippen LogP) is -0.306. The number of carbonyl (C=O) groups is 1. The Morgan fingerprint density at radius 1 is 1.16 bits per heavy atom. The highest BCUT2D eigenvalue weighted by atomic mass is 16.2. The molecule has 19 heavy (non-hydrogen) atoms. The van der Waals surface area contributed by atoms with Crippen molar-refractivity contribution in [3.8, 4) is 0 Å². The molecule has 2 aromatic rings. The van der Waals surface area contributed by atoms with E-state index in [4.69, 9.17) is 5.73 Å². The number of aryl methyl sites for hydroxylation is 1. The van der Waals surface area contributed by atoms with Gasteiger partial charge in [0.2, 0.25) is 5.91 Å². The molecule has 1 heterocycles. The Hall–Kier alpha value is -2.63. The fourth-order valence-corrected chi connectivity index (χ4v) is 1.72. The van der Waals surface area contributed by atoms with Gasteiger partial charge in [-0.2, -0.15) is 0 Å². The quantitative estimate of drug-likeness (QED) is 0.820. The Balaban J connectivity index is 2.37. The van der Waals surface area contributed by atoms with Gasteiger partial charge in [0.15, 0.2) is 0 Å². The summed E-state index contributed by atoms with van der Waals surface area (Å²) >= 11 is 0. The zero-order valence-electron chi connectivity index (χ0n) is 10.4. The molecule has 0 fully saturated rings. The highest BCUT2D eigenvalue weighted by molar-refractivity contribution is 5.92. The summed E-state index contributed by atoms with van der Waals surface area (Å²) in [4.78, 5) is 34.4. The summed E-state index contributed by atoms with van der Waals surface area (Å²) in [6.07, 6.45) is 1.43. The average Bonchev–Trinajstić information content (AvgIpc) is 2.40. The molecule has 0 radical (unpaired) electrons. The van der Waals surface area contributed by atoms with Crippen molar-refractivity contribution in [3.05, 3.63) is 68.5 Å². The van der Waals surface area contributed by atoms with Gasteiger partial charge >= 0.3 is 5.69 Å². The van der Waals surface area contributed by atoms with Crippen LogP contribution in [0.1, 0.15) is 15.9 Å². The van der Waals surface area contributed by atoms with Crippen molar-refractivity contribution >= 4 is 5.91 Å². The molecule has 0 unspecified atom stereocenters. The molecule has 6 nitrogen and oxygen atoms in total. The molecule has 2 rings (SSSR count). The lowest BCUT2D eigenvalue weighted by Gasteiger charge is -2.06. The number of aromatic nitrogens is 2. The number of hydrogen-bond acceptors (Lipinski definition) is 3. The molecule has 1 amide bonds. The molecule has 0 aliphatic carbocycles. The van der Waals surface area contributed by atoms with Crippen molar-refractivity contribution in [1.82, 2.24) is 9.13 Å². The van der Waals surface area contributed by atoms with Gasteiger partial charge in [-0.15, -0.1) is 0 Å². The topological polar surface area (TPSA) is 87.1 Å². The van der Waals surface area contributed by atoms with E-state index in [2.05, 4.69) is 0 Å². The molecule has 1 aromatic heterocycles. The number of nitrogens with two attached hydrogens (primary N) is 1. The van der Waals surface area contributed by atoms with Crippen molar-refractivity contribution < 1.29 is 4.79 Å². The normalized spacial score (nSPS) is 10.4. The van der Waals surface area contributed by atoms with Gasteiger partial charge in [0.1, 0.15) is 0 Å². The van der Waals surface area contributed by atoms with E-state index in [1.165, 1.54) is 16.8 Å². The Kier molecular flexibility index (Phi) is 3.33. The maximum absolute atomic E-state index is 11.8. The van der Waals surface area contributed by atoms with E-state index in [0.717, 1.165) is 10.1 Å². The van der Waals surface area contributed by atoms with Gasteiger partial charge in [-0.1, -0.05) is 12.1 Å². The van der Waals surface area contributed by atoms with Crippen LogP contribution in [0.15, 0.2) is 46.1 Å². The monoisotopic (exact) mass is 259 g/mol.